The third kappa shape index (κ3) is 3.79. The van der Waals surface area contributed by atoms with Gasteiger partial charge in [-0.2, -0.15) is 0 Å². The van der Waals surface area contributed by atoms with Crippen molar-refractivity contribution >= 4 is 0 Å². The van der Waals surface area contributed by atoms with Crippen LogP contribution in [-0.4, -0.2) is 13.6 Å². The molecule has 0 saturated carbocycles. The molecule has 0 fully saturated rings. The molecule has 0 aromatic carbocycles. The van der Waals surface area contributed by atoms with Gasteiger partial charge >= 0.3 is 0 Å². The second-order valence-corrected chi connectivity index (χ2v) is 2.43. The van der Waals surface area contributed by atoms with Crippen molar-refractivity contribution in [2.75, 3.05) is 13.6 Å². The summed E-state index contributed by atoms with van der Waals surface area (Å²) in [5, 5.41) is 3.11. The Balaban J connectivity index is 4.33. The minimum atomic E-state index is 0.905. The van der Waals surface area contributed by atoms with Crippen LogP contribution in [0.5, 0.6) is 0 Å². The average Bonchev–Trinajstić information content (AvgIpc) is 2.03. The van der Waals surface area contributed by atoms with Crippen molar-refractivity contribution in [3.05, 3.63) is 36.0 Å². The van der Waals surface area contributed by atoms with Gasteiger partial charge in [0.1, 0.15) is 0 Å². The number of allylic oxidation sites excluding steroid dienone is 3. The van der Waals surface area contributed by atoms with E-state index in [0.29, 0.717) is 0 Å². The molecular formula is C10H17N. The van der Waals surface area contributed by atoms with E-state index in [4.69, 9.17) is 0 Å². The van der Waals surface area contributed by atoms with Gasteiger partial charge in [-0.25, -0.2) is 0 Å². The van der Waals surface area contributed by atoms with Crippen molar-refractivity contribution in [1.82, 2.24) is 5.32 Å². The highest BCUT2D eigenvalue weighted by Crippen LogP contribution is 2.07. The van der Waals surface area contributed by atoms with Gasteiger partial charge in [0.15, 0.2) is 0 Å². The quantitative estimate of drug-likeness (QED) is 0.608. The third-order valence-electron chi connectivity index (χ3n) is 1.63. The van der Waals surface area contributed by atoms with Gasteiger partial charge in [0.25, 0.3) is 0 Å². The van der Waals surface area contributed by atoms with Crippen LogP contribution in [0, 0.1) is 0 Å². The van der Waals surface area contributed by atoms with E-state index in [0.717, 1.165) is 6.54 Å². The van der Waals surface area contributed by atoms with Gasteiger partial charge in [-0.3, -0.25) is 0 Å². The van der Waals surface area contributed by atoms with Crippen molar-refractivity contribution < 1.29 is 0 Å². The lowest BCUT2D eigenvalue weighted by molar-refractivity contribution is 0.884. The van der Waals surface area contributed by atoms with E-state index in [1.807, 2.05) is 26.1 Å². The molecule has 0 heterocycles. The highest BCUT2D eigenvalue weighted by Gasteiger charge is 1.94. The topological polar surface area (TPSA) is 12.0 Å². The van der Waals surface area contributed by atoms with E-state index >= 15 is 0 Å². The van der Waals surface area contributed by atoms with Crippen LogP contribution in [0.15, 0.2) is 36.0 Å². The molecule has 0 bridgehead atoms. The molecule has 0 saturated heterocycles. The molecule has 0 atom stereocenters. The molecule has 0 amide bonds. The maximum Gasteiger partial charge on any atom is 0.0205 e. The van der Waals surface area contributed by atoms with E-state index in [1.54, 1.807) is 0 Å². The van der Waals surface area contributed by atoms with Crippen LogP contribution in [0.2, 0.25) is 0 Å². The Hall–Kier alpha value is -0.820. The second kappa shape index (κ2) is 5.93. The van der Waals surface area contributed by atoms with Crippen LogP contribution in [-0.2, 0) is 0 Å². The summed E-state index contributed by atoms with van der Waals surface area (Å²) in [6.45, 7) is 8.72. The predicted octanol–water partition coefficient (Wildman–Crippen LogP) is 2.28. The van der Waals surface area contributed by atoms with Crippen molar-refractivity contribution in [3.8, 4) is 0 Å². The van der Waals surface area contributed by atoms with Crippen LogP contribution in [0.4, 0.5) is 0 Å². The molecule has 0 aromatic rings. The van der Waals surface area contributed by atoms with Crippen molar-refractivity contribution in [2.45, 2.75) is 13.8 Å². The van der Waals surface area contributed by atoms with Gasteiger partial charge in [0.2, 0.25) is 0 Å². The number of rotatable bonds is 4. The first kappa shape index (κ1) is 10.2. The first-order valence-electron chi connectivity index (χ1n) is 3.85. The van der Waals surface area contributed by atoms with Gasteiger partial charge in [0.05, 0.1) is 0 Å². The maximum atomic E-state index is 3.67. The van der Waals surface area contributed by atoms with Gasteiger partial charge < -0.3 is 5.32 Å². The summed E-state index contributed by atoms with van der Waals surface area (Å²) >= 11 is 0. The Morgan fingerprint density at radius 3 is 2.55 bits per heavy atom. The Labute approximate surface area is 69.5 Å². The van der Waals surface area contributed by atoms with Gasteiger partial charge in [-0.15, -0.1) is 0 Å². The normalized spacial score (nSPS) is 13.4. The zero-order valence-electron chi connectivity index (χ0n) is 7.65. The predicted molar refractivity (Wildman–Crippen MR) is 51.6 cm³/mol. The number of nitrogens with one attached hydrogen (secondary N) is 1. The SMILES string of the molecule is C=C/C=C(CNC)\C(C)=C/C. The molecule has 11 heavy (non-hydrogen) atoms. The lowest BCUT2D eigenvalue weighted by Gasteiger charge is -2.05. The molecule has 62 valence electrons. The zero-order valence-corrected chi connectivity index (χ0v) is 7.65. The monoisotopic (exact) mass is 151 g/mol. The molecule has 0 radical (unpaired) electrons. The fraction of sp³-hybridized carbons (Fsp3) is 0.400. The van der Waals surface area contributed by atoms with Crippen LogP contribution < -0.4 is 5.32 Å². The van der Waals surface area contributed by atoms with E-state index < -0.39 is 0 Å². The molecule has 1 N–H and O–H groups in total. The molecule has 1 nitrogen and oxygen atoms in total. The molecule has 0 unspecified atom stereocenters. The van der Waals surface area contributed by atoms with Crippen molar-refractivity contribution in [3.63, 3.8) is 0 Å². The largest absolute Gasteiger partial charge is 0.316 e. The Kier molecular flexibility index (Phi) is 5.49. The highest BCUT2D eigenvalue weighted by atomic mass is 14.8. The smallest absolute Gasteiger partial charge is 0.0205 e. The van der Waals surface area contributed by atoms with Crippen LogP contribution in [0.1, 0.15) is 13.8 Å². The molecule has 0 spiro atoms. The molecule has 0 aliphatic carbocycles. The zero-order chi connectivity index (χ0) is 8.69. The molecule has 0 aromatic heterocycles. The standard InChI is InChI=1S/C10H17N/c1-5-7-10(8-11-4)9(3)6-2/h5-7,11H,1,8H2,2-4H3/b9-6-,10-7-. The average molecular weight is 151 g/mol. The number of hydrogen-bond acceptors (Lipinski definition) is 1. The Bertz CT molecular complexity index is 175. The summed E-state index contributed by atoms with van der Waals surface area (Å²) in [6, 6.07) is 0. The summed E-state index contributed by atoms with van der Waals surface area (Å²) in [4.78, 5) is 0. The van der Waals surface area contributed by atoms with Crippen LogP contribution >= 0.6 is 0 Å². The van der Waals surface area contributed by atoms with Gasteiger partial charge in [-0.1, -0.05) is 30.4 Å². The molecule has 0 aliphatic rings. The summed E-state index contributed by atoms with van der Waals surface area (Å²) in [7, 11) is 1.94. The van der Waals surface area contributed by atoms with Gasteiger partial charge in [-0.05, 0) is 26.5 Å². The Morgan fingerprint density at radius 2 is 2.18 bits per heavy atom. The lowest BCUT2D eigenvalue weighted by Crippen LogP contribution is -2.10. The lowest BCUT2D eigenvalue weighted by atomic mass is 10.1. The first-order chi connectivity index (χ1) is 5.26. The minimum Gasteiger partial charge on any atom is -0.316 e. The Morgan fingerprint density at radius 1 is 1.55 bits per heavy atom. The minimum absolute atomic E-state index is 0.905. The number of likely N-dealkylation sites (N-methyl/N-ethyl adjacent to an activating group) is 1. The summed E-state index contributed by atoms with van der Waals surface area (Å²) < 4.78 is 0. The maximum absolute atomic E-state index is 3.67. The van der Waals surface area contributed by atoms with E-state index in [2.05, 4.69) is 24.9 Å². The third-order valence-corrected chi connectivity index (χ3v) is 1.63. The van der Waals surface area contributed by atoms with Crippen LogP contribution in [0.25, 0.3) is 0 Å². The van der Waals surface area contributed by atoms with Gasteiger partial charge in [0, 0.05) is 6.54 Å². The molecule has 0 aliphatic heterocycles. The van der Waals surface area contributed by atoms with E-state index in [9.17, 15) is 0 Å². The van der Waals surface area contributed by atoms with Crippen LogP contribution in [0.3, 0.4) is 0 Å². The van der Waals surface area contributed by atoms with Crippen molar-refractivity contribution in [1.29, 1.82) is 0 Å². The summed E-state index contributed by atoms with van der Waals surface area (Å²) in [6.07, 6.45) is 5.96. The fourth-order valence-electron chi connectivity index (χ4n) is 0.848. The first-order valence-corrected chi connectivity index (χ1v) is 3.85. The highest BCUT2D eigenvalue weighted by molar-refractivity contribution is 5.32. The van der Waals surface area contributed by atoms with E-state index in [-0.39, 0.29) is 0 Å². The molecule has 0 rings (SSSR count). The molecule has 1 heteroatoms. The van der Waals surface area contributed by atoms with E-state index in [1.165, 1.54) is 11.1 Å². The summed E-state index contributed by atoms with van der Waals surface area (Å²) in [5.41, 5.74) is 2.60. The van der Waals surface area contributed by atoms with Crippen molar-refractivity contribution in [2.24, 2.45) is 0 Å². The second-order valence-electron chi connectivity index (χ2n) is 2.43. The fourth-order valence-corrected chi connectivity index (χ4v) is 0.848. The summed E-state index contributed by atoms with van der Waals surface area (Å²) in [5.74, 6) is 0. The number of hydrogen-bond donors (Lipinski definition) is 1. The molecular weight excluding hydrogens is 134 g/mol.